The minimum Gasteiger partial charge on any atom is -0.462 e. The number of nitrogens with two attached hydrogens (primary N) is 1. The quantitative estimate of drug-likeness (QED) is 0.320. The highest BCUT2D eigenvalue weighted by molar-refractivity contribution is 7.16. The molecule has 0 spiro atoms. The van der Waals surface area contributed by atoms with Crippen molar-refractivity contribution in [1.82, 2.24) is 0 Å². The topological polar surface area (TPSA) is 78.6 Å². The number of aryl methyl sites for hydroxylation is 2. The molecule has 164 valence electrons. The number of carbonyl (C=O) groups is 2. The second kappa shape index (κ2) is 13.1. The fourth-order valence-corrected chi connectivity index (χ4v) is 4.26. The van der Waals surface area contributed by atoms with Gasteiger partial charge in [0.25, 0.3) is 0 Å². The number of unbranched alkanes of at least 4 members (excludes halogenated alkanes) is 5. The minimum atomic E-state index is -0.326. The lowest BCUT2D eigenvalue weighted by Crippen LogP contribution is -2.05. The highest BCUT2D eigenvalue weighted by Crippen LogP contribution is 2.27. The van der Waals surface area contributed by atoms with Crippen LogP contribution in [-0.4, -0.2) is 25.2 Å². The number of hydrogen-bond acceptors (Lipinski definition) is 6. The molecule has 0 bridgehead atoms. The molecule has 0 aliphatic carbocycles. The van der Waals surface area contributed by atoms with Crippen molar-refractivity contribution in [2.24, 2.45) is 0 Å². The van der Waals surface area contributed by atoms with Gasteiger partial charge in [0, 0.05) is 4.88 Å². The van der Waals surface area contributed by atoms with Crippen molar-refractivity contribution < 1.29 is 19.1 Å². The van der Waals surface area contributed by atoms with Crippen molar-refractivity contribution in [2.75, 3.05) is 18.9 Å². The Kier molecular flexibility index (Phi) is 10.4. The first kappa shape index (κ1) is 23.9. The van der Waals surface area contributed by atoms with Crippen LogP contribution in [0.2, 0.25) is 0 Å². The first-order valence-electron chi connectivity index (χ1n) is 10.9. The van der Waals surface area contributed by atoms with Crippen LogP contribution >= 0.6 is 11.3 Å². The number of anilines is 1. The zero-order valence-electron chi connectivity index (χ0n) is 18.1. The van der Waals surface area contributed by atoms with Gasteiger partial charge in [0.1, 0.15) is 5.00 Å². The molecule has 1 heterocycles. The number of nitrogen functional groups attached to an aromatic ring is 1. The van der Waals surface area contributed by atoms with Crippen molar-refractivity contribution in [3.05, 3.63) is 51.9 Å². The Hall–Kier alpha value is -2.34. The van der Waals surface area contributed by atoms with Crippen LogP contribution in [0.5, 0.6) is 0 Å². The van der Waals surface area contributed by atoms with E-state index in [0.717, 1.165) is 30.6 Å². The first-order valence-corrected chi connectivity index (χ1v) is 11.7. The highest BCUT2D eigenvalue weighted by Gasteiger charge is 2.14. The van der Waals surface area contributed by atoms with Gasteiger partial charge in [-0.3, -0.25) is 0 Å². The van der Waals surface area contributed by atoms with Gasteiger partial charge >= 0.3 is 11.9 Å². The third-order valence-corrected chi connectivity index (χ3v) is 5.93. The third kappa shape index (κ3) is 7.82. The average Bonchev–Trinajstić information content (AvgIpc) is 3.11. The molecule has 0 atom stereocenters. The second-order valence-corrected chi connectivity index (χ2v) is 8.42. The van der Waals surface area contributed by atoms with E-state index in [1.165, 1.54) is 42.6 Å². The summed E-state index contributed by atoms with van der Waals surface area (Å²) in [6.07, 6.45) is 9.09. The van der Waals surface area contributed by atoms with E-state index in [0.29, 0.717) is 29.3 Å². The van der Waals surface area contributed by atoms with Crippen LogP contribution in [0.3, 0.4) is 0 Å². The summed E-state index contributed by atoms with van der Waals surface area (Å²) in [5, 5.41) is 0.554. The molecular formula is C24H33NO4S. The molecule has 5 nitrogen and oxygen atoms in total. The Morgan fingerprint density at radius 2 is 1.40 bits per heavy atom. The molecule has 2 N–H and O–H groups in total. The number of rotatable bonds is 13. The summed E-state index contributed by atoms with van der Waals surface area (Å²) in [6, 6.07) is 9.61. The lowest BCUT2D eigenvalue weighted by Gasteiger charge is -2.05. The van der Waals surface area contributed by atoms with Gasteiger partial charge < -0.3 is 15.2 Å². The molecular weight excluding hydrogens is 398 g/mol. The molecule has 6 heteroatoms. The maximum Gasteiger partial charge on any atom is 0.341 e. The number of benzene rings is 1. The van der Waals surface area contributed by atoms with Crippen LogP contribution in [0.15, 0.2) is 30.3 Å². The SMILES string of the molecule is CCOC(=O)c1ccc(CCCCCCCCc2cc(C(=O)OCC)c(N)s2)cc1. The monoisotopic (exact) mass is 431 g/mol. The van der Waals surface area contributed by atoms with Crippen molar-refractivity contribution in [3.63, 3.8) is 0 Å². The second-order valence-electron chi connectivity index (χ2n) is 7.25. The largest absolute Gasteiger partial charge is 0.462 e. The summed E-state index contributed by atoms with van der Waals surface area (Å²) in [6.45, 7) is 4.37. The maximum atomic E-state index is 11.8. The fourth-order valence-electron chi connectivity index (χ4n) is 3.31. The van der Waals surface area contributed by atoms with Crippen LogP contribution in [0, 0.1) is 0 Å². The van der Waals surface area contributed by atoms with Gasteiger partial charge in [-0.25, -0.2) is 9.59 Å². The van der Waals surface area contributed by atoms with Crippen LogP contribution in [0.1, 0.15) is 83.5 Å². The Balaban J connectivity index is 1.57. The molecule has 2 aromatic rings. The molecule has 0 aliphatic heterocycles. The summed E-state index contributed by atoms with van der Waals surface area (Å²) >= 11 is 1.49. The summed E-state index contributed by atoms with van der Waals surface area (Å²) in [5.74, 6) is -0.584. The van der Waals surface area contributed by atoms with Crippen LogP contribution < -0.4 is 5.73 Å². The van der Waals surface area contributed by atoms with Gasteiger partial charge in [0.2, 0.25) is 0 Å². The van der Waals surface area contributed by atoms with Gasteiger partial charge in [-0.1, -0.05) is 37.8 Å². The summed E-state index contributed by atoms with van der Waals surface area (Å²) in [4.78, 5) is 24.6. The van der Waals surface area contributed by atoms with E-state index in [4.69, 9.17) is 15.2 Å². The minimum absolute atomic E-state index is 0.258. The summed E-state index contributed by atoms with van der Waals surface area (Å²) in [7, 11) is 0. The zero-order valence-corrected chi connectivity index (χ0v) is 18.9. The van der Waals surface area contributed by atoms with Gasteiger partial charge in [0.15, 0.2) is 0 Å². The molecule has 0 fully saturated rings. The van der Waals surface area contributed by atoms with Crippen LogP contribution in [0.25, 0.3) is 0 Å². The van der Waals surface area contributed by atoms with Crippen molar-refractivity contribution >= 4 is 28.3 Å². The van der Waals surface area contributed by atoms with Gasteiger partial charge in [-0.15, -0.1) is 11.3 Å². The first-order chi connectivity index (χ1) is 14.5. The number of carbonyl (C=O) groups excluding carboxylic acids is 2. The molecule has 0 saturated carbocycles. The Morgan fingerprint density at radius 1 is 0.833 bits per heavy atom. The van der Waals surface area contributed by atoms with E-state index in [1.54, 1.807) is 6.92 Å². The van der Waals surface area contributed by atoms with Crippen molar-refractivity contribution in [1.29, 1.82) is 0 Å². The Labute approximate surface area is 183 Å². The van der Waals surface area contributed by atoms with E-state index >= 15 is 0 Å². The van der Waals surface area contributed by atoms with Gasteiger partial charge in [-0.05, 0) is 63.3 Å². The summed E-state index contributed by atoms with van der Waals surface area (Å²) in [5.41, 5.74) is 8.32. The Bertz CT molecular complexity index is 798. The molecule has 2 rings (SSSR count). The number of thiophene rings is 1. The number of esters is 2. The molecule has 0 unspecified atom stereocenters. The normalized spacial score (nSPS) is 10.7. The average molecular weight is 432 g/mol. The Morgan fingerprint density at radius 3 is 2.03 bits per heavy atom. The number of ether oxygens (including phenoxy) is 2. The van der Waals surface area contributed by atoms with E-state index in [2.05, 4.69) is 0 Å². The number of hydrogen-bond donors (Lipinski definition) is 1. The molecule has 1 aromatic heterocycles. The highest BCUT2D eigenvalue weighted by atomic mass is 32.1. The van der Waals surface area contributed by atoms with E-state index in [9.17, 15) is 9.59 Å². The smallest absolute Gasteiger partial charge is 0.341 e. The molecule has 0 saturated heterocycles. The maximum absolute atomic E-state index is 11.8. The van der Waals surface area contributed by atoms with Crippen LogP contribution in [0.4, 0.5) is 5.00 Å². The van der Waals surface area contributed by atoms with E-state index in [1.807, 2.05) is 37.3 Å². The predicted octanol–water partition coefficient (Wildman–Crippen LogP) is 5.81. The molecule has 0 radical (unpaired) electrons. The van der Waals surface area contributed by atoms with Crippen molar-refractivity contribution in [2.45, 2.75) is 65.2 Å². The van der Waals surface area contributed by atoms with E-state index in [-0.39, 0.29) is 11.9 Å². The van der Waals surface area contributed by atoms with Crippen molar-refractivity contribution in [3.8, 4) is 0 Å². The lowest BCUT2D eigenvalue weighted by atomic mass is 10.0. The van der Waals surface area contributed by atoms with Crippen LogP contribution in [-0.2, 0) is 22.3 Å². The molecule has 0 amide bonds. The van der Waals surface area contributed by atoms with Gasteiger partial charge in [-0.2, -0.15) is 0 Å². The van der Waals surface area contributed by atoms with E-state index < -0.39 is 0 Å². The lowest BCUT2D eigenvalue weighted by molar-refractivity contribution is 0.0517. The summed E-state index contributed by atoms with van der Waals surface area (Å²) < 4.78 is 10.0. The third-order valence-electron chi connectivity index (χ3n) is 4.91. The zero-order chi connectivity index (χ0) is 21.8. The van der Waals surface area contributed by atoms with Gasteiger partial charge in [0.05, 0.1) is 24.3 Å². The standard InChI is InChI=1S/C24H33NO4S/c1-3-28-23(26)19-15-13-18(14-16-19)11-9-7-5-6-8-10-12-20-17-21(22(25)30-20)24(27)29-4-2/h13-17H,3-12,25H2,1-2H3. The molecule has 30 heavy (non-hydrogen) atoms. The predicted molar refractivity (Wildman–Crippen MR) is 122 cm³/mol. The molecule has 0 aliphatic rings. The fraction of sp³-hybridized carbons (Fsp3) is 0.500. The molecule has 1 aromatic carbocycles.